The van der Waals surface area contributed by atoms with Gasteiger partial charge in [0.1, 0.15) is 29.1 Å². The molecule has 188 valence electrons. The van der Waals surface area contributed by atoms with Gasteiger partial charge in [-0.05, 0) is 38.6 Å². The summed E-state index contributed by atoms with van der Waals surface area (Å²) in [5.74, 6) is 0.382. The van der Waals surface area contributed by atoms with Crippen LogP contribution in [0.5, 0.6) is 0 Å². The zero-order valence-electron chi connectivity index (χ0n) is 20.3. The largest absolute Gasteiger partial charge is 0.443 e. The molecule has 1 aromatic carbocycles. The van der Waals surface area contributed by atoms with Crippen molar-refractivity contribution in [1.29, 1.82) is 0 Å². The predicted octanol–water partition coefficient (Wildman–Crippen LogP) is 4.33. The Morgan fingerprint density at radius 3 is 2.84 bits per heavy atom. The summed E-state index contributed by atoms with van der Waals surface area (Å²) in [6, 6.07) is 8.29. The number of likely N-dealkylation sites (N-methyl/N-ethyl adjacent to an activating group) is 1. The Bertz CT molecular complexity index is 1580. The number of fused-ring (bicyclic) bond motifs is 1. The number of halogens is 1. The number of carbonyl (C=O) groups excluding carboxylic acids is 1. The van der Waals surface area contributed by atoms with Crippen molar-refractivity contribution in [2.45, 2.75) is 25.4 Å². The molecule has 0 bridgehead atoms. The van der Waals surface area contributed by atoms with Crippen LogP contribution in [0.2, 0.25) is 0 Å². The molecule has 5 aromatic rings. The van der Waals surface area contributed by atoms with Crippen LogP contribution in [0.1, 0.15) is 28.0 Å². The van der Waals surface area contributed by atoms with Crippen LogP contribution in [-0.4, -0.2) is 61.5 Å². The third-order valence-corrected chi connectivity index (χ3v) is 7.24. The third kappa shape index (κ3) is 4.51. The van der Waals surface area contributed by atoms with E-state index in [2.05, 4.69) is 29.7 Å². The molecule has 0 radical (unpaired) electrons. The number of rotatable bonds is 5. The number of hydrogen-bond donors (Lipinski definition) is 1. The van der Waals surface area contributed by atoms with Gasteiger partial charge in [-0.2, -0.15) is 0 Å². The van der Waals surface area contributed by atoms with Gasteiger partial charge in [-0.25, -0.2) is 24.3 Å². The number of oxazole rings is 1. The molecule has 11 heteroatoms. The number of benzene rings is 1. The van der Waals surface area contributed by atoms with Crippen molar-refractivity contribution in [2.75, 3.05) is 20.1 Å². The Balaban J connectivity index is 1.44. The van der Waals surface area contributed by atoms with Crippen LogP contribution in [0.15, 0.2) is 58.8 Å². The van der Waals surface area contributed by atoms with Gasteiger partial charge in [-0.1, -0.05) is 12.1 Å². The van der Waals surface area contributed by atoms with E-state index in [-0.39, 0.29) is 23.8 Å². The Hall–Kier alpha value is -3.96. The smallest absolute Gasteiger partial charge is 0.280 e. The van der Waals surface area contributed by atoms with Crippen molar-refractivity contribution < 1.29 is 13.6 Å². The van der Waals surface area contributed by atoms with Crippen LogP contribution < -0.4 is 5.32 Å². The number of amides is 1. The summed E-state index contributed by atoms with van der Waals surface area (Å²) in [7, 11) is 2.01. The summed E-state index contributed by atoms with van der Waals surface area (Å²) in [4.78, 5) is 32.8. The number of nitrogens with zero attached hydrogens (tertiary/aromatic N) is 6. The van der Waals surface area contributed by atoms with E-state index in [0.29, 0.717) is 53.0 Å². The first-order chi connectivity index (χ1) is 18.0. The maximum absolute atomic E-state index is 15.0. The molecule has 1 saturated heterocycles. The Morgan fingerprint density at radius 2 is 2.08 bits per heavy atom. The van der Waals surface area contributed by atoms with Gasteiger partial charge >= 0.3 is 0 Å². The lowest BCUT2D eigenvalue weighted by Gasteiger charge is -2.37. The van der Waals surface area contributed by atoms with Gasteiger partial charge in [0.05, 0.1) is 29.0 Å². The maximum atomic E-state index is 15.0. The lowest BCUT2D eigenvalue weighted by Crippen LogP contribution is -2.50. The van der Waals surface area contributed by atoms with Crippen LogP contribution >= 0.6 is 11.3 Å². The molecule has 0 aliphatic carbocycles. The molecular weight excluding hydrogens is 493 g/mol. The van der Waals surface area contributed by atoms with Crippen molar-refractivity contribution in [2.24, 2.45) is 0 Å². The third-order valence-electron chi connectivity index (χ3n) is 6.47. The van der Waals surface area contributed by atoms with Crippen LogP contribution in [0.4, 0.5) is 4.39 Å². The number of piperidine rings is 1. The number of hydrogen-bond acceptors (Lipinski definition) is 8. The molecule has 1 fully saturated rings. The minimum absolute atomic E-state index is 0.0958. The average Bonchev–Trinajstić information content (AvgIpc) is 3.63. The number of thiazole rings is 1. The molecule has 0 saturated carbocycles. The van der Waals surface area contributed by atoms with E-state index in [9.17, 15) is 4.79 Å². The first-order valence-corrected chi connectivity index (χ1v) is 12.8. The highest BCUT2D eigenvalue weighted by molar-refractivity contribution is 7.11. The van der Waals surface area contributed by atoms with E-state index >= 15 is 4.39 Å². The number of nitrogens with one attached hydrogen (secondary N) is 1. The molecule has 2 unspecified atom stereocenters. The number of likely N-dealkylation sites (tertiary alicyclic amines) is 1. The molecule has 0 spiro atoms. The van der Waals surface area contributed by atoms with Crippen molar-refractivity contribution in [3.8, 4) is 23.0 Å². The lowest BCUT2D eigenvalue weighted by atomic mass is 10.00. The van der Waals surface area contributed by atoms with Crippen molar-refractivity contribution in [3.05, 3.63) is 70.9 Å². The van der Waals surface area contributed by atoms with Gasteiger partial charge in [0, 0.05) is 30.7 Å². The lowest BCUT2D eigenvalue weighted by molar-refractivity contribution is 0.0893. The fourth-order valence-electron chi connectivity index (χ4n) is 4.95. The van der Waals surface area contributed by atoms with Gasteiger partial charge in [0.25, 0.3) is 5.91 Å². The molecule has 1 aliphatic heterocycles. The van der Waals surface area contributed by atoms with Crippen molar-refractivity contribution >= 4 is 28.3 Å². The Morgan fingerprint density at radius 1 is 1.22 bits per heavy atom. The van der Waals surface area contributed by atoms with Crippen molar-refractivity contribution in [3.63, 3.8) is 0 Å². The molecule has 1 aliphatic rings. The van der Waals surface area contributed by atoms with E-state index in [1.165, 1.54) is 17.4 Å². The summed E-state index contributed by atoms with van der Waals surface area (Å²) in [6.07, 6.45) is 5.51. The summed E-state index contributed by atoms with van der Waals surface area (Å²) < 4.78 is 22.7. The van der Waals surface area contributed by atoms with Gasteiger partial charge in [-0.15, -0.1) is 11.3 Å². The molecule has 9 nitrogen and oxygen atoms in total. The maximum Gasteiger partial charge on any atom is 0.280 e. The van der Waals surface area contributed by atoms with Gasteiger partial charge < -0.3 is 19.2 Å². The zero-order valence-corrected chi connectivity index (χ0v) is 21.1. The van der Waals surface area contributed by atoms with Crippen molar-refractivity contribution in [1.82, 2.24) is 34.7 Å². The molecule has 4 aromatic heterocycles. The Labute approximate surface area is 216 Å². The normalized spacial score (nSPS) is 18.4. The zero-order chi connectivity index (χ0) is 25.5. The molecule has 2 atom stereocenters. The number of carbonyl (C=O) groups is 1. The molecule has 5 heterocycles. The first-order valence-electron chi connectivity index (χ1n) is 11.9. The summed E-state index contributed by atoms with van der Waals surface area (Å²) in [6.45, 7) is 3.24. The fraction of sp³-hybridized carbons (Fsp3) is 0.269. The van der Waals surface area contributed by atoms with Crippen LogP contribution in [0.3, 0.4) is 0 Å². The topological polar surface area (TPSA) is 102 Å². The predicted molar refractivity (Wildman–Crippen MR) is 138 cm³/mol. The average molecular weight is 518 g/mol. The number of imidazole rings is 1. The van der Waals surface area contributed by atoms with Gasteiger partial charge in [-0.3, -0.25) is 4.79 Å². The van der Waals surface area contributed by atoms with Crippen LogP contribution in [0.25, 0.3) is 34.0 Å². The number of aryl methyl sites for hydroxylation is 1. The van der Waals surface area contributed by atoms with Crippen LogP contribution in [-0.2, 0) is 0 Å². The van der Waals surface area contributed by atoms with E-state index in [1.807, 2.05) is 20.0 Å². The standard InChI is InChI=1S/C26H24FN7O2S/c1-15-14-36-25(30-15)20-10-22-21(11-29-20)32-23(18-5-3-4-6-19(18)27)34(22)17-9-16(12-33(2)13-17)31-24(35)26-28-7-8-37-26/h3-8,10-11,14,16-17H,9,12-13H2,1-2H3,(H,31,35). The van der Waals surface area contributed by atoms with Gasteiger partial charge in [0.2, 0.25) is 5.89 Å². The number of pyridine rings is 1. The monoisotopic (exact) mass is 517 g/mol. The second-order valence-electron chi connectivity index (χ2n) is 9.26. The van der Waals surface area contributed by atoms with E-state index in [4.69, 9.17) is 9.40 Å². The second-order valence-corrected chi connectivity index (χ2v) is 10.2. The first kappa shape index (κ1) is 23.4. The summed E-state index contributed by atoms with van der Waals surface area (Å²) in [5, 5.41) is 5.34. The van der Waals surface area contributed by atoms with E-state index in [0.717, 1.165) is 11.2 Å². The van der Waals surface area contributed by atoms with Gasteiger partial charge in [0.15, 0.2) is 5.01 Å². The number of aromatic nitrogens is 5. The molecule has 6 rings (SSSR count). The quantitative estimate of drug-likeness (QED) is 0.370. The second kappa shape index (κ2) is 9.49. The highest BCUT2D eigenvalue weighted by Crippen LogP contribution is 2.34. The minimum Gasteiger partial charge on any atom is -0.443 e. The molecular formula is C26H24FN7O2S. The highest BCUT2D eigenvalue weighted by Gasteiger charge is 2.31. The molecule has 37 heavy (non-hydrogen) atoms. The minimum atomic E-state index is -0.353. The molecule has 1 N–H and O–H groups in total. The fourth-order valence-corrected chi connectivity index (χ4v) is 5.49. The van der Waals surface area contributed by atoms with Crippen LogP contribution in [0, 0.1) is 12.7 Å². The molecule has 1 amide bonds. The Kier molecular flexibility index (Phi) is 6.01. The summed E-state index contributed by atoms with van der Waals surface area (Å²) >= 11 is 1.31. The SMILES string of the molecule is Cc1coc(-c2cc3c(cn2)nc(-c2ccccc2F)n3C2CC(NC(=O)c3nccs3)CN(C)C2)n1. The summed E-state index contributed by atoms with van der Waals surface area (Å²) in [5.41, 5.74) is 3.17. The highest BCUT2D eigenvalue weighted by atomic mass is 32.1. The van der Waals surface area contributed by atoms with E-state index in [1.54, 1.807) is 42.2 Å². The van der Waals surface area contributed by atoms with E-state index < -0.39 is 0 Å².